The van der Waals surface area contributed by atoms with Crippen LogP contribution in [0.1, 0.15) is 32.3 Å². The lowest BCUT2D eigenvalue weighted by Gasteiger charge is -2.24. The summed E-state index contributed by atoms with van der Waals surface area (Å²) < 4.78 is 0. The molecule has 23 heavy (non-hydrogen) atoms. The Hall–Kier alpha value is -2.29. The van der Waals surface area contributed by atoms with E-state index in [0.29, 0.717) is 6.42 Å². The van der Waals surface area contributed by atoms with Crippen LogP contribution in [0.4, 0.5) is 11.4 Å². The minimum atomic E-state index is 0.0166. The van der Waals surface area contributed by atoms with Crippen LogP contribution < -0.4 is 10.2 Å². The third kappa shape index (κ3) is 5.44. The van der Waals surface area contributed by atoms with Crippen molar-refractivity contribution < 1.29 is 4.79 Å². The van der Waals surface area contributed by atoms with Gasteiger partial charge in [-0.15, -0.1) is 0 Å². The van der Waals surface area contributed by atoms with Gasteiger partial charge in [-0.05, 0) is 42.7 Å². The van der Waals surface area contributed by atoms with Gasteiger partial charge in [-0.1, -0.05) is 44.2 Å². The van der Waals surface area contributed by atoms with Crippen LogP contribution in [0.5, 0.6) is 0 Å². The fourth-order valence-corrected chi connectivity index (χ4v) is 2.65. The van der Waals surface area contributed by atoms with Crippen molar-refractivity contribution in [3.05, 3.63) is 60.2 Å². The first kappa shape index (κ1) is 17.1. The fraction of sp³-hybridized carbons (Fsp3) is 0.350. The summed E-state index contributed by atoms with van der Waals surface area (Å²) in [5, 5.41) is 2.96. The van der Waals surface area contributed by atoms with Crippen molar-refractivity contribution in [2.75, 3.05) is 23.3 Å². The van der Waals surface area contributed by atoms with Crippen LogP contribution in [0.3, 0.4) is 0 Å². The summed E-state index contributed by atoms with van der Waals surface area (Å²) >= 11 is 0. The topological polar surface area (TPSA) is 32.3 Å². The molecule has 0 aliphatic rings. The average Bonchev–Trinajstić information content (AvgIpc) is 2.56. The normalized spacial score (nSPS) is 10.3. The van der Waals surface area contributed by atoms with Crippen LogP contribution in [0.2, 0.25) is 0 Å². The second-order valence-electron chi connectivity index (χ2n) is 5.74. The number of hydrogen-bond acceptors (Lipinski definition) is 2. The Balaban J connectivity index is 1.95. The second-order valence-corrected chi connectivity index (χ2v) is 5.74. The number of benzene rings is 2. The molecule has 0 spiro atoms. The third-order valence-electron chi connectivity index (χ3n) is 3.71. The van der Waals surface area contributed by atoms with Gasteiger partial charge in [0.05, 0.1) is 6.42 Å². The van der Waals surface area contributed by atoms with Gasteiger partial charge in [0.25, 0.3) is 0 Å². The van der Waals surface area contributed by atoms with Crippen molar-refractivity contribution in [2.24, 2.45) is 0 Å². The molecule has 2 aromatic carbocycles. The van der Waals surface area contributed by atoms with E-state index in [9.17, 15) is 4.79 Å². The lowest BCUT2D eigenvalue weighted by molar-refractivity contribution is -0.115. The molecule has 2 rings (SSSR count). The zero-order chi connectivity index (χ0) is 16.5. The molecular formula is C20H26N2O. The van der Waals surface area contributed by atoms with Crippen LogP contribution in [-0.4, -0.2) is 19.0 Å². The maximum atomic E-state index is 12.1. The van der Waals surface area contributed by atoms with E-state index in [4.69, 9.17) is 0 Å². The first-order valence-corrected chi connectivity index (χ1v) is 8.41. The number of nitrogens with one attached hydrogen (secondary N) is 1. The van der Waals surface area contributed by atoms with E-state index < -0.39 is 0 Å². The van der Waals surface area contributed by atoms with E-state index in [1.54, 1.807) is 0 Å². The van der Waals surface area contributed by atoms with Gasteiger partial charge in [0, 0.05) is 24.5 Å². The first-order chi connectivity index (χ1) is 11.2. The van der Waals surface area contributed by atoms with E-state index in [1.165, 1.54) is 5.69 Å². The van der Waals surface area contributed by atoms with Crippen molar-refractivity contribution in [3.8, 4) is 0 Å². The second kappa shape index (κ2) is 8.99. The van der Waals surface area contributed by atoms with Crippen LogP contribution in [0, 0.1) is 0 Å². The highest BCUT2D eigenvalue weighted by Crippen LogP contribution is 2.19. The summed E-state index contributed by atoms with van der Waals surface area (Å²) in [4.78, 5) is 14.5. The smallest absolute Gasteiger partial charge is 0.228 e. The number of carbonyl (C=O) groups is 1. The Labute approximate surface area is 139 Å². The molecule has 0 atom stereocenters. The molecule has 3 nitrogen and oxygen atoms in total. The summed E-state index contributed by atoms with van der Waals surface area (Å²) in [5.74, 6) is 0.0166. The van der Waals surface area contributed by atoms with Gasteiger partial charge in [-0.3, -0.25) is 4.79 Å². The highest BCUT2D eigenvalue weighted by Gasteiger charge is 2.06. The summed E-state index contributed by atoms with van der Waals surface area (Å²) in [7, 11) is 0. The molecule has 2 aromatic rings. The summed E-state index contributed by atoms with van der Waals surface area (Å²) in [6, 6.07) is 17.9. The number of nitrogens with zero attached hydrogens (tertiary/aromatic N) is 1. The molecular weight excluding hydrogens is 284 g/mol. The predicted molar refractivity (Wildman–Crippen MR) is 98.0 cm³/mol. The number of carbonyl (C=O) groups excluding carboxylic acids is 1. The molecule has 1 amide bonds. The molecule has 0 radical (unpaired) electrons. The number of rotatable bonds is 8. The van der Waals surface area contributed by atoms with Crippen molar-refractivity contribution in [1.82, 2.24) is 0 Å². The highest BCUT2D eigenvalue weighted by molar-refractivity contribution is 5.92. The molecule has 0 fully saturated rings. The van der Waals surface area contributed by atoms with Gasteiger partial charge in [0.1, 0.15) is 0 Å². The van der Waals surface area contributed by atoms with Crippen molar-refractivity contribution in [2.45, 2.75) is 33.1 Å². The minimum absolute atomic E-state index is 0.0166. The lowest BCUT2D eigenvalue weighted by Crippen LogP contribution is -2.24. The predicted octanol–water partition coefficient (Wildman–Crippen LogP) is 4.49. The van der Waals surface area contributed by atoms with Gasteiger partial charge in [-0.25, -0.2) is 0 Å². The molecule has 122 valence electrons. The van der Waals surface area contributed by atoms with Gasteiger partial charge in [-0.2, -0.15) is 0 Å². The van der Waals surface area contributed by atoms with Gasteiger partial charge < -0.3 is 10.2 Å². The Morgan fingerprint density at radius 3 is 2.09 bits per heavy atom. The Kier molecular flexibility index (Phi) is 6.67. The monoisotopic (exact) mass is 310 g/mol. The Bertz CT molecular complexity index is 587. The minimum Gasteiger partial charge on any atom is -0.372 e. The Morgan fingerprint density at radius 1 is 0.913 bits per heavy atom. The van der Waals surface area contributed by atoms with E-state index >= 15 is 0 Å². The van der Waals surface area contributed by atoms with Crippen LogP contribution in [-0.2, 0) is 11.2 Å². The molecule has 0 unspecified atom stereocenters. The molecule has 3 heteroatoms. The van der Waals surface area contributed by atoms with E-state index in [1.807, 2.05) is 42.5 Å². The van der Waals surface area contributed by atoms with E-state index in [-0.39, 0.29) is 5.91 Å². The van der Waals surface area contributed by atoms with E-state index in [0.717, 1.165) is 37.2 Å². The lowest BCUT2D eigenvalue weighted by atomic mass is 10.1. The van der Waals surface area contributed by atoms with Crippen molar-refractivity contribution in [1.29, 1.82) is 0 Å². The Morgan fingerprint density at radius 2 is 1.52 bits per heavy atom. The fourth-order valence-electron chi connectivity index (χ4n) is 2.65. The molecule has 0 aliphatic heterocycles. The summed E-state index contributed by atoms with van der Waals surface area (Å²) in [6.07, 6.45) is 2.67. The van der Waals surface area contributed by atoms with Crippen LogP contribution in [0.25, 0.3) is 0 Å². The number of hydrogen-bond donors (Lipinski definition) is 1. The maximum Gasteiger partial charge on any atom is 0.228 e. The quantitative estimate of drug-likeness (QED) is 0.779. The average molecular weight is 310 g/mol. The standard InChI is InChI=1S/C20H26N2O/c1-3-14-22(15-4-2)19-12-10-18(11-13-19)21-20(23)16-17-8-6-5-7-9-17/h5-13H,3-4,14-16H2,1-2H3,(H,21,23). The molecule has 0 heterocycles. The molecule has 1 N–H and O–H groups in total. The summed E-state index contributed by atoms with van der Waals surface area (Å²) in [6.45, 7) is 6.52. The zero-order valence-corrected chi connectivity index (χ0v) is 14.1. The van der Waals surface area contributed by atoms with Crippen molar-refractivity contribution in [3.63, 3.8) is 0 Å². The summed E-state index contributed by atoms with van der Waals surface area (Å²) in [5.41, 5.74) is 3.09. The van der Waals surface area contributed by atoms with Crippen LogP contribution >= 0.6 is 0 Å². The van der Waals surface area contributed by atoms with Gasteiger partial charge >= 0.3 is 0 Å². The van der Waals surface area contributed by atoms with Gasteiger partial charge in [0.15, 0.2) is 0 Å². The van der Waals surface area contributed by atoms with Crippen LogP contribution in [0.15, 0.2) is 54.6 Å². The third-order valence-corrected chi connectivity index (χ3v) is 3.71. The maximum absolute atomic E-state index is 12.1. The van der Waals surface area contributed by atoms with Gasteiger partial charge in [0.2, 0.25) is 5.91 Å². The molecule has 0 saturated heterocycles. The SMILES string of the molecule is CCCN(CCC)c1ccc(NC(=O)Cc2ccccc2)cc1. The highest BCUT2D eigenvalue weighted by atomic mass is 16.1. The number of amides is 1. The number of anilines is 2. The molecule has 0 aliphatic carbocycles. The molecule has 0 aromatic heterocycles. The van der Waals surface area contributed by atoms with Crippen molar-refractivity contribution >= 4 is 17.3 Å². The largest absolute Gasteiger partial charge is 0.372 e. The zero-order valence-electron chi connectivity index (χ0n) is 14.1. The molecule has 0 bridgehead atoms. The van der Waals surface area contributed by atoms with E-state index in [2.05, 4.69) is 36.2 Å². The first-order valence-electron chi connectivity index (χ1n) is 8.41. The molecule has 0 saturated carbocycles.